The molecule has 23 heavy (non-hydrogen) atoms. The normalized spacial score (nSPS) is 17.7. The number of hydrogen-bond donors (Lipinski definition) is 2. The number of amides is 1. The van der Waals surface area contributed by atoms with Gasteiger partial charge in [0.15, 0.2) is 17.3 Å². The predicted molar refractivity (Wildman–Crippen MR) is 84.5 cm³/mol. The van der Waals surface area contributed by atoms with Crippen LogP contribution in [-0.4, -0.2) is 61.3 Å². The number of piperazine rings is 1. The Morgan fingerprint density at radius 3 is 2.83 bits per heavy atom. The summed E-state index contributed by atoms with van der Waals surface area (Å²) < 4.78 is 11.0. The standard InChI is InChI=1S/C16H22N2O5/c1-11(19)12-3-4-14(15(9-12)22-2)23-8-5-13-10-18(16(20)21)7-6-17-13/h3-4,9,13,17H,5-8,10H2,1-2H3,(H,20,21)/t13-/m1/s1. The third-order valence-electron chi connectivity index (χ3n) is 3.82. The lowest BCUT2D eigenvalue weighted by Crippen LogP contribution is -2.52. The molecule has 2 N–H and O–H groups in total. The minimum Gasteiger partial charge on any atom is -0.493 e. The van der Waals surface area contributed by atoms with E-state index in [0.717, 1.165) is 0 Å². The maximum atomic E-state index is 11.4. The third-order valence-corrected chi connectivity index (χ3v) is 3.82. The van der Waals surface area contributed by atoms with Crippen LogP contribution in [0.5, 0.6) is 11.5 Å². The number of carboxylic acid groups (broad SMARTS) is 1. The number of Topliss-reactive ketones (excluding diaryl/α,β-unsaturated/α-hetero) is 1. The summed E-state index contributed by atoms with van der Waals surface area (Å²) in [5.41, 5.74) is 0.570. The highest BCUT2D eigenvalue weighted by Crippen LogP contribution is 2.28. The highest BCUT2D eigenvalue weighted by molar-refractivity contribution is 5.94. The largest absolute Gasteiger partial charge is 0.493 e. The highest BCUT2D eigenvalue weighted by atomic mass is 16.5. The molecule has 1 aromatic rings. The highest BCUT2D eigenvalue weighted by Gasteiger charge is 2.22. The molecule has 1 saturated heterocycles. The Labute approximate surface area is 135 Å². The second-order valence-corrected chi connectivity index (χ2v) is 5.44. The van der Waals surface area contributed by atoms with Gasteiger partial charge in [-0.3, -0.25) is 4.79 Å². The van der Waals surface area contributed by atoms with Gasteiger partial charge in [0.25, 0.3) is 0 Å². The topological polar surface area (TPSA) is 88.1 Å². The summed E-state index contributed by atoms with van der Waals surface area (Å²) in [6, 6.07) is 5.14. The van der Waals surface area contributed by atoms with Crippen LogP contribution in [0.3, 0.4) is 0 Å². The van der Waals surface area contributed by atoms with E-state index in [2.05, 4.69) is 5.32 Å². The lowest BCUT2D eigenvalue weighted by atomic mass is 10.1. The predicted octanol–water partition coefficient (Wildman–Crippen LogP) is 1.62. The van der Waals surface area contributed by atoms with Crippen molar-refractivity contribution in [1.82, 2.24) is 10.2 Å². The van der Waals surface area contributed by atoms with Crippen LogP contribution in [-0.2, 0) is 0 Å². The molecule has 0 aliphatic carbocycles. The SMILES string of the molecule is COc1cc(C(C)=O)ccc1OCC[C@@H]1CN(C(=O)O)CCN1. The van der Waals surface area contributed by atoms with Crippen molar-refractivity contribution in [3.63, 3.8) is 0 Å². The minimum absolute atomic E-state index is 0.0324. The molecule has 1 heterocycles. The van der Waals surface area contributed by atoms with Crippen molar-refractivity contribution in [1.29, 1.82) is 0 Å². The molecule has 7 nitrogen and oxygen atoms in total. The number of ketones is 1. The van der Waals surface area contributed by atoms with Crippen molar-refractivity contribution < 1.29 is 24.2 Å². The molecule has 0 saturated carbocycles. The summed E-state index contributed by atoms with van der Waals surface area (Å²) >= 11 is 0. The molecule has 1 aromatic carbocycles. The van der Waals surface area contributed by atoms with E-state index in [4.69, 9.17) is 14.6 Å². The number of benzene rings is 1. The molecule has 1 amide bonds. The summed E-state index contributed by atoms with van der Waals surface area (Å²) in [5.74, 6) is 1.06. The molecule has 0 aromatic heterocycles. The molecule has 1 aliphatic heterocycles. The van der Waals surface area contributed by atoms with Crippen LogP contribution < -0.4 is 14.8 Å². The molecule has 2 rings (SSSR count). The summed E-state index contributed by atoms with van der Waals surface area (Å²) in [6.45, 7) is 3.54. The summed E-state index contributed by atoms with van der Waals surface area (Å²) in [6.07, 6.45) is -0.208. The fourth-order valence-corrected chi connectivity index (χ4v) is 2.51. The van der Waals surface area contributed by atoms with Gasteiger partial charge in [0.1, 0.15) is 0 Å². The first-order valence-electron chi connectivity index (χ1n) is 7.54. The number of nitrogens with zero attached hydrogens (tertiary/aromatic N) is 1. The van der Waals surface area contributed by atoms with Gasteiger partial charge in [-0.05, 0) is 31.5 Å². The van der Waals surface area contributed by atoms with E-state index in [1.165, 1.54) is 18.9 Å². The van der Waals surface area contributed by atoms with Crippen molar-refractivity contribution in [2.24, 2.45) is 0 Å². The summed E-state index contributed by atoms with van der Waals surface area (Å²) in [5, 5.41) is 12.3. The van der Waals surface area contributed by atoms with Gasteiger partial charge in [-0.1, -0.05) is 0 Å². The quantitative estimate of drug-likeness (QED) is 0.774. The minimum atomic E-state index is -0.890. The van der Waals surface area contributed by atoms with Crippen LogP contribution in [0.1, 0.15) is 23.7 Å². The Hall–Kier alpha value is -2.28. The Balaban J connectivity index is 1.88. The lowest BCUT2D eigenvalue weighted by Gasteiger charge is -2.31. The van der Waals surface area contributed by atoms with Crippen LogP contribution in [0.2, 0.25) is 0 Å². The van der Waals surface area contributed by atoms with Crippen molar-refractivity contribution in [3.05, 3.63) is 23.8 Å². The zero-order chi connectivity index (χ0) is 16.8. The number of methoxy groups -OCH3 is 1. The number of ether oxygens (including phenoxy) is 2. The second kappa shape index (κ2) is 7.82. The zero-order valence-corrected chi connectivity index (χ0v) is 13.4. The molecule has 1 fully saturated rings. The molecule has 126 valence electrons. The van der Waals surface area contributed by atoms with Crippen LogP contribution in [0.25, 0.3) is 0 Å². The number of hydrogen-bond acceptors (Lipinski definition) is 5. The third kappa shape index (κ3) is 4.59. The average Bonchev–Trinajstić information content (AvgIpc) is 2.55. The van der Waals surface area contributed by atoms with E-state index < -0.39 is 6.09 Å². The van der Waals surface area contributed by atoms with Gasteiger partial charge in [-0.2, -0.15) is 0 Å². The van der Waals surface area contributed by atoms with Crippen molar-refractivity contribution in [3.8, 4) is 11.5 Å². The first kappa shape index (κ1) is 17.1. The smallest absolute Gasteiger partial charge is 0.407 e. The Kier molecular flexibility index (Phi) is 5.81. The molecule has 0 unspecified atom stereocenters. The lowest BCUT2D eigenvalue weighted by molar-refractivity contribution is 0.101. The van der Waals surface area contributed by atoms with E-state index >= 15 is 0 Å². The van der Waals surface area contributed by atoms with Gasteiger partial charge in [0, 0.05) is 31.2 Å². The van der Waals surface area contributed by atoms with Gasteiger partial charge in [0.05, 0.1) is 13.7 Å². The molecule has 0 radical (unpaired) electrons. The molecule has 0 bridgehead atoms. The van der Waals surface area contributed by atoms with Gasteiger partial charge in [0.2, 0.25) is 0 Å². The molecule has 1 atom stereocenters. The van der Waals surface area contributed by atoms with E-state index in [-0.39, 0.29) is 11.8 Å². The monoisotopic (exact) mass is 322 g/mol. The average molecular weight is 322 g/mol. The van der Waals surface area contributed by atoms with Crippen molar-refractivity contribution >= 4 is 11.9 Å². The van der Waals surface area contributed by atoms with Crippen LogP contribution in [0.15, 0.2) is 18.2 Å². The fraction of sp³-hybridized carbons (Fsp3) is 0.500. The summed E-state index contributed by atoms with van der Waals surface area (Å²) in [4.78, 5) is 23.8. The number of rotatable bonds is 6. The van der Waals surface area contributed by atoms with Crippen molar-refractivity contribution in [2.45, 2.75) is 19.4 Å². The van der Waals surface area contributed by atoms with E-state index in [1.807, 2.05) is 0 Å². The maximum absolute atomic E-state index is 11.4. The van der Waals surface area contributed by atoms with Crippen molar-refractivity contribution in [2.75, 3.05) is 33.4 Å². The van der Waals surface area contributed by atoms with Gasteiger partial charge in [-0.25, -0.2) is 4.79 Å². The van der Waals surface area contributed by atoms with E-state index in [1.54, 1.807) is 18.2 Å². The zero-order valence-electron chi connectivity index (χ0n) is 13.4. The van der Waals surface area contributed by atoms with Gasteiger partial charge in [-0.15, -0.1) is 0 Å². The van der Waals surface area contributed by atoms with E-state index in [0.29, 0.717) is 49.7 Å². The van der Waals surface area contributed by atoms with Crippen LogP contribution in [0.4, 0.5) is 4.79 Å². The summed E-state index contributed by atoms with van der Waals surface area (Å²) in [7, 11) is 1.53. The molecular weight excluding hydrogens is 300 g/mol. The second-order valence-electron chi connectivity index (χ2n) is 5.44. The fourth-order valence-electron chi connectivity index (χ4n) is 2.51. The van der Waals surface area contributed by atoms with Crippen LogP contribution in [0, 0.1) is 0 Å². The Morgan fingerprint density at radius 2 is 2.17 bits per heavy atom. The number of nitrogens with one attached hydrogen (secondary N) is 1. The molecule has 1 aliphatic rings. The Bertz CT molecular complexity index is 576. The molecule has 0 spiro atoms. The maximum Gasteiger partial charge on any atom is 0.407 e. The van der Waals surface area contributed by atoms with Gasteiger partial charge < -0.3 is 24.8 Å². The first-order valence-corrected chi connectivity index (χ1v) is 7.54. The first-order chi connectivity index (χ1) is 11.0. The van der Waals surface area contributed by atoms with E-state index in [9.17, 15) is 9.59 Å². The number of carbonyl (C=O) groups excluding carboxylic acids is 1. The number of carbonyl (C=O) groups is 2. The Morgan fingerprint density at radius 1 is 1.39 bits per heavy atom. The van der Waals surface area contributed by atoms with Crippen LogP contribution >= 0.6 is 0 Å². The molecular formula is C16H22N2O5. The molecule has 7 heteroatoms. The van der Waals surface area contributed by atoms with Gasteiger partial charge >= 0.3 is 6.09 Å².